The number of hydrogen-bond acceptors (Lipinski definition) is 5. The molecule has 1 atom stereocenters. The number of guanidine groups is 1. The molecule has 148 valence electrons. The van der Waals surface area contributed by atoms with Crippen molar-refractivity contribution in [1.29, 1.82) is 0 Å². The molecule has 1 aliphatic rings. The van der Waals surface area contributed by atoms with E-state index in [1.165, 1.54) is 5.56 Å². The van der Waals surface area contributed by atoms with E-state index >= 15 is 0 Å². The Balaban J connectivity index is 0.00000261. The smallest absolute Gasteiger partial charge is 0.223 e. The Morgan fingerprint density at radius 2 is 2.00 bits per heavy atom. The summed E-state index contributed by atoms with van der Waals surface area (Å²) in [6.07, 6.45) is 2.19. The molecule has 0 amide bonds. The molecule has 7 nitrogen and oxygen atoms in total. The molecule has 8 heteroatoms. The maximum Gasteiger partial charge on any atom is 0.223 e. The highest BCUT2D eigenvalue weighted by molar-refractivity contribution is 14.0. The van der Waals surface area contributed by atoms with Crippen LogP contribution in [0.25, 0.3) is 0 Å². The average Bonchev–Trinajstić information content (AvgIpc) is 3.11. The summed E-state index contributed by atoms with van der Waals surface area (Å²) in [5, 5.41) is 10.6. The molecule has 0 spiro atoms. The monoisotopic (exact) mass is 484 g/mol. The van der Waals surface area contributed by atoms with Gasteiger partial charge >= 0.3 is 0 Å². The molecule has 0 aliphatic carbocycles. The molecular weight excluding hydrogens is 455 g/mol. The summed E-state index contributed by atoms with van der Waals surface area (Å²) in [6.45, 7) is 6.73. The summed E-state index contributed by atoms with van der Waals surface area (Å²) in [7, 11) is 1.78. The summed E-state index contributed by atoms with van der Waals surface area (Å²) >= 11 is 0. The Morgan fingerprint density at radius 3 is 2.59 bits per heavy atom. The predicted molar refractivity (Wildman–Crippen MR) is 117 cm³/mol. The van der Waals surface area contributed by atoms with Gasteiger partial charge in [0.1, 0.15) is 0 Å². The fourth-order valence-electron chi connectivity index (χ4n) is 3.34. The number of hydrogen-bond donors (Lipinski definition) is 2. The SMILES string of the molecule is CN=C(NCc1noc(C)n1)NC1CCN(C(C)c2ccccc2)CC1.I. The molecule has 27 heavy (non-hydrogen) atoms. The van der Waals surface area contributed by atoms with E-state index in [9.17, 15) is 0 Å². The van der Waals surface area contributed by atoms with Gasteiger partial charge in [0, 0.05) is 39.1 Å². The van der Waals surface area contributed by atoms with Gasteiger partial charge in [0.15, 0.2) is 11.8 Å². The van der Waals surface area contributed by atoms with E-state index in [0.29, 0.717) is 30.3 Å². The second-order valence-corrected chi connectivity index (χ2v) is 6.70. The second-order valence-electron chi connectivity index (χ2n) is 6.70. The van der Waals surface area contributed by atoms with Crippen LogP contribution in [0.5, 0.6) is 0 Å². The van der Waals surface area contributed by atoms with Crippen LogP contribution in [0, 0.1) is 6.92 Å². The Morgan fingerprint density at radius 1 is 1.30 bits per heavy atom. The molecule has 2 N–H and O–H groups in total. The number of rotatable bonds is 5. The Kier molecular flexibility index (Phi) is 8.49. The first-order valence-corrected chi connectivity index (χ1v) is 9.21. The average molecular weight is 484 g/mol. The van der Waals surface area contributed by atoms with E-state index < -0.39 is 0 Å². The van der Waals surface area contributed by atoms with E-state index in [-0.39, 0.29) is 24.0 Å². The second kappa shape index (κ2) is 10.6. The number of nitrogens with one attached hydrogen (secondary N) is 2. The van der Waals surface area contributed by atoms with Crippen molar-refractivity contribution in [2.24, 2.45) is 4.99 Å². The maximum atomic E-state index is 4.98. The number of halogens is 1. The summed E-state index contributed by atoms with van der Waals surface area (Å²) in [5.41, 5.74) is 1.38. The molecule has 1 unspecified atom stereocenters. The van der Waals surface area contributed by atoms with Crippen molar-refractivity contribution in [1.82, 2.24) is 25.7 Å². The number of likely N-dealkylation sites (tertiary alicyclic amines) is 1. The van der Waals surface area contributed by atoms with E-state index in [4.69, 9.17) is 4.52 Å². The fourth-order valence-corrected chi connectivity index (χ4v) is 3.34. The number of aryl methyl sites for hydroxylation is 1. The first-order valence-electron chi connectivity index (χ1n) is 9.21. The van der Waals surface area contributed by atoms with Gasteiger partial charge < -0.3 is 15.2 Å². The minimum Gasteiger partial charge on any atom is -0.354 e. The standard InChI is InChI=1S/C19H28N6O.HI/c1-14(16-7-5-4-6-8-16)25-11-9-17(10-12-25)23-19(20-3)21-13-18-22-15(2)26-24-18;/h4-8,14,17H,9-13H2,1-3H3,(H2,20,21,23);1H. The van der Waals surface area contributed by atoms with Gasteiger partial charge in [-0.1, -0.05) is 35.5 Å². The van der Waals surface area contributed by atoms with Gasteiger partial charge in [-0.25, -0.2) is 0 Å². The summed E-state index contributed by atoms with van der Waals surface area (Å²) in [5.74, 6) is 1.99. The largest absolute Gasteiger partial charge is 0.354 e. The van der Waals surface area contributed by atoms with Gasteiger partial charge in [-0.05, 0) is 25.3 Å². The van der Waals surface area contributed by atoms with Crippen molar-refractivity contribution in [3.8, 4) is 0 Å². The topological polar surface area (TPSA) is 78.6 Å². The van der Waals surface area contributed by atoms with Crippen LogP contribution < -0.4 is 10.6 Å². The maximum absolute atomic E-state index is 4.98. The van der Waals surface area contributed by atoms with Gasteiger partial charge in [0.05, 0.1) is 6.54 Å². The van der Waals surface area contributed by atoms with Crippen LogP contribution in [0.15, 0.2) is 39.8 Å². The Hall–Kier alpha value is -1.68. The highest BCUT2D eigenvalue weighted by atomic mass is 127. The Labute approximate surface area is 178 Å². The number of benzene rings is 1. The zero-order valence-corrected chi connectivity index (χ0v) is 18.5. The lowest BCUT2D eigenvalue weighted by atomic mass is 10.0. The quantitative estimate of drug-likeness (QED) is 0.386. The molecule has 2 heterocycles. The Bertz CT molecular complexity index is 712. The van der Waals surface area contributed by atoms with Gasteiger partial charge in [0.25, 0.3) is 0 Å². The van der Waals surface area contributed by atoms with Crippen molar-refractivity contribution in [3.05, 3.63) is 47.6 Å². The van der Waals surface area contributed by atoms with Crippen molar-refractivity contribution in [2.75, 3.05) is 20.1 Å². The molecular formula is C19H29IN6O. The lowest BCUT2D eigenvalue weighted by molar-refractivity contribution is 0.158. The molecule has 3 rings (SSSR count). The van der Waals surface area contributed by atoms with E-state index in [2.05, 4.69) is 67.9 Å². The highest BCUT2D eigenvalue weighted by Gasteiger charge is 2.24. The number of nitrogens with zero attached hydrogens (tertiary/aromatic N) is 4. The first-order chi connectivity index (χ1) is 12.7. The van der Waals surface area contributed by atoms with Crippen LogP contribution in [0.1, 0.15) is 43.1 Å². The third-order valence-corrected chi connectivity index (χ3v) is 4.91. The lowest BCUT2D eigenvalue weighted by Crippen LogP contribution is -2.48. The third-order valence-electron chi connectivity index (χ3n) is 4.91. The zero-order chi connectivity index (χ0) is 18.4. The number of aliphatic imine (C=N–C) groups is 1. The van der Waals surface area contributed by atoms with Crippen molar-refractivity contribution < 1.29 is 4.52 Å². The molecule has 1 aromatic heterocycles. The van der Waals surface area contributed by atoms with Gasteiger partial charge in [-0.15, -0.1) is 24.0 Å². The summed E-state index contributed by atoms with van der Waals surface area (Å²) in [6, 6.07) is 11.6. The molecule has 1 aliphatic heterocycles. The molecule has 0 radical (unpaired) electrons. The molecule has 1 aromatic carbocycles. The van der Waals surface area contributed by atoms with Gasteiger partial charge in [-0.2, -0.15) is 4.98 Å². The van der Waals surface area contributed by atoms with Gasteiger partial charge in [-0.3, -0.25) is 9.89 Å². The molecule has 1 fully saturated rings. The predicted octanol–water partition coefficient (Wildman–Crippen LogP) is 2.89. The zero-order valence-electron chi connectivity index (χ0n) is 16.2. The molecule has 0 saturated carbocycles. The fraction of sp³-hybridized carbons (Fsp3) is 0.526. The normalized spacial score (nSPS) is 17.2. The van der Waals surface area contributed by atoms with Crippen LogP contribution in [0.2, 0.25) is 0 Å². The lowest BCUT2D eigenvalue weighted by Gasteiger charge is -2.36. The summed E-state index contributed by atoms with van der Waals surface area (Å²) in [4.78, 5) is 11.0. The van der Waals surface area contributed by atoms with Crippen molar-refractivity contribution in [3.63, 3.8) is 0 Å². The van der Waals surface area contributed by atoms with Crippen LogP contribution in [0.4, 0.5) is 0 Å². The van der Waals surface area contributed by atoms with Crippen molar-refractivity contribution >= 4 is 29.9 Å². The van der Waals surface area contributed by atoms with Crippen LogP contribution in [0.3, 0.4) is 0 Å². The number of aromatic nitrogens is 2. The van der Waals surface area contributed by atoms with Gasteiger partial charge in [0.2, 0.25) is 5.89 Å². The minimum atomic E-state index is 0. The minimum absolute atomic E-state index is 0. The van der Waals surface area contributed by atoms with Crippen LogP contribution in [-0.4, -0.2) is 47.2 Å². The highest BCUT2D eigenvalue weighted by Crippen LogP contribution is 2.23. The molecule has 1 saturated heterocycles. The van der Waals surface area contributed by atoms with E-state index in [1.807, 2.05) is 0 Å². The first kappa shape index (κ1) is 21.6. The molecule has 2 aromatic rings. The van der Waals surface area contributed by atoms with Crippen molar-refractivity contribution in [2.45, 2.75) is 45.3 Å². The third kappa shape index (κ3) is 6.17. The van der Waals surface area contributed by atoms with Crippen LogP contribution >= 0.6 is 24.0 Å². The van der Waals surface area contributed by atoms with Crippen LogP contribution in [-0.2, 0) is 6.54 Å². The van der Waals surface area contributed by atoms with E-state index in [0.717, 1.165) is 31.9 Å². The number of piperidine rings is 1. The van der Waals surface area contributed by atoms with E-state index in [1.54, 1.807) is 14.0 Å². The molecule has 0 bridgehead atoms. The summed E-state index contributed by atoms with van der Waals surface area (Å²) < 4.78 is 4.98.